The molecular formula is C13H21N3O2S. The summed E-state index contributed by atoms with van der Waals surface area (Å²) in [5.41, 5.74) is 0. The van der Waals surface area contributed by atoms with Crippen LogP contribution in [0.15, 0.2) is 0 Å². The first-order valence-corrected chi connectivity index (χ1v) is 8.25. The summed E-state index contributed by atoms with van der Waals surface area (Å²) in [5.74, 6) is 1.21. The zero-order valence-electron chi connectivity index (χ0n) is 11.0. The number of unbranched alkanes of at least 4 members (excludes halogenated alkanes) is 1. The minimum Gasteiger partial charge on any atom is -0.353 e. The predicted molar refractivity (Wildman–Crippen MR) is 75.1 cm³/mol. The number of rotatable bonds is 6. The first kappa shape index (κ1) is 13.1. The van der Waals surface area contributed by atoms with Crippen molar-refractivity contribution in [3.8, 4) is 0 Å². The minimum absolute atomic E-state index is 0.0240. The summed E-state index contributed by atoms with van der Waals surface area (Å²) in [6, 6.07) is 1.04. The van der Waals surface area contributed by atoms with Crippen LogP contribution in [0.3, 0.4) is 0 Å². The first-order chi connectivity index (χ1) is 9.22. The number of carbonyl (C=O) groups is 2. The molecule has 1 aliphatic carbocycles. The maximum atomic E-state index is 11.5. The number of hydrogen-bond acceptors (Lipinski definition) is 3. The molecule has 0 radical (unpaired) electrons. The molecule has 0 unspecified atom stereocenters. The molecule has 3 aliphatic rings. The van der Waals surface area contributed by atoms with E-state index >= 15 is 0 Å². The minimum atomic E-state index is -0.0240. The van der Waals surface area contributed by atoms with Gasteiger partial charge in [-0.05, 0) is 25.7 Å². The fourth-order valence-corrected chi connectivity index (χ4v) is 4.35. The van der Waals surface area contributed by atoms with Gasteiger partial charge in [0.05, 0.1) is 12.1 Å². The van der Waals surface area contributed by atoms with Gasteiger partial charge in [0, 0.05) is 23.5 Å². The van der Waals surface area contributed by atoms with Crippen molar-refractivity contribution in [2.75, 3.05) is 5.75 Å². The highest BCUT2D eigenvalue weighted by atomic mass is 32.2. The maximum absolute atomic E-state index is 11.5. The second-order valence-electron chi connectivity index (χ2n) is 5.71. The Bertz CT molecular complexity index is 373. The molecule has 3 rings (SSSR count). The molecule has 106 valence electrons. The van der Waals surface area contributed by atoms with Crippen molar-refractivity contribution < 1.29 is 9.59 Å². The van der Waals surface area contributed by atoms with Crippen LogP contribution in [0.25, 0.3) is 0 Å². The number of fused-ring (bicyclic) bond motifs is 1. The lowest BCUT2D eigenvalue weighted by Gasteiger charge is -2.16. The Hall–Kier alpha value is -0.910. The molecule has 0 spiro atoms. The summed E-state index contributed by atoms with van der Waals surface area (Å²) >= 11 is 1.94. The molecule has 0 aromatic carbocycles. The summed E-state index contributed by atoms with van der Waals surface area (Å²) in [6.45, 7) is 0. The third-order valence-electron chi connectivity index (χ3n) is 4.02. The lowest BCUT2D eigenvalue weighted by atomic mass is 10.0. The van der Waals surface area contributed by atoms with E-state index < -0.39 is 0 Å². The summed E-state index contributed by atoms with van der Waals surface area (Å²) in [5, 5.41) is 9.47. The highest BCUT2D eigenvalue weighted by Crippen LogP contribution is 2.33. The molecule has 0 aromatic heterocycles. The Labute approximate surface area is 117 Å². The summed E-state index contributed by atoms with van der Waals surface area (Å²) in [7, 11) is 0. The van der Waals surface area contributed by atoms with Gasteiger partial charge >= 0.3 is 6.03 Å². The standard InChI is InChI=1S/C13H21N3O2S/c17-11(14-8-5-6-8)4-2-1-3-10-12-9(7-19-10)15-13(18)16-12/h8-10,12H,1-7H2,(H,14,17)(H2,15,16,18)/t9-,10-,12+/m0/s1. The van der Waals surface area contributed by atoms with E-state index in [1.54, 1.807) is 0 Å². The smallest absolute Gasteiger partial charge is 0.315 e. The molecular weight excluding hydrogens is 262 g/mol. The van der Waals surface area contributed by atoms with Gasteiger partial charge in [-0.25, -0.2) is 4.79 Å². The second-order valence-corrected chi connectivity index (χ2v) is 6.98. The Morgan fingerprint density at radius 1 is 1.32 bits per heavy atom. The number of urea groups is 1. The topological polar surface area (TPSA) is 70.2 Å². The molecule has 2 saturated heterocycles. The Morgan fingerprint density at radius 2 is 2.16 bits per heavy atom. The van der Waals surface area contributed by atoms with Crippen LogP contribution in [0.5, 0.6) is 0 Å². The normalized spacial score (nSPS) is 32.6. The van der Waals surface area contributed by atoms with Crippen molar-refractivity contribution in [3.63, 3.8) is 0 Å². The van der Waals surface area contributed by atoms with Crippen LogP contribution < -0.4 is 16.0 Å². The van der Waals surface area contributed by atoms with E-state index in [0.717, 1.165) is 37.9 Å². The molecule has 2 aliphatic heterocycles. The number of thioether (sulfide) groups is 1. The molecule has 3 atom stereocenters. The summed E-state index contributed by atoms with van der Waals surface area (Å²) in [4.78, 5) is 22.8. The van der Waals surface area contributed by atoms with Gasteiger partial charge in [-0.2, -0.15) is 11.8 Å². The van der Waals surface area contributed by atoms with Crippen molar-refractivity contribution in [2.45, 2.75) is 61.9 Å². The fraction of sp³-hybridized carbons (Fsp3) is 0.846. The predicted octanol–water partition coefficient (Wildman–Crippen LogP) is 0.991. The first-order valence-electron chi connectivity index (χ1n) is 7.20. The van der Waals surface area contributed by atoms with Crippen LogP contribution in [0, 0.1) is 0 Å². The van der Waals surface area contributed by atoms with E-state index in [9.17, 15) is 9.59 Å². The van der Waals surface area contributed by atoms with Crippen LogP contribution in [-0.2, 0) is 4.79 Å². The van der Waals surface area contributed by atoms with Gasteiger partial charge in [0.1, 0.15) is 0 Å². The van der Waals surface area contributed by atoms with Crippen LogP contribution in [0.4, 0.5) is 4.79 Å². The molecule has 3 N–H and O–H groups in total. The lowest BCUT2D eigenvalue weighted by Crippen LogP contribution is -2.36. The molecule has 5 nitrogen and oxygen atoms in total. The SMILES string of the molecule is O=C(CCCC[C@@H]1SC[C@@H]2NC(=O)N[C@H]21)NC1CC1. The molecule has 0 bridgehead atoms. The van der Waals surface area contributed by atoms with Crippen LogP contribution in [0.1, 0.15) is 38.5 Å². The van der Waals surface area contributed by atoms with E-state index in [4.69, 9.17) is 0 Å². The average molecular weight is 283 g/mol. The molecule has 6 heteroatoms. The van der Waals surface area contributed by atoms with Gasteiger partial charge in [-0.1, -0.05) is 6.42 Å². The third kappa shape index (κ3) is 3.35. The van der Waals surface area contributed by atoms with E-state index in [0.29, 0.717) is 23.8 Å². The second kappa shape index (κ2) is 5.61. The Kier molecular flexibility index (Phi) is 3.86. The van der Waals surface area contributed by atoms with E-state index in [1.807, 2.05) is 11.8 Å². The molecule has 3 fully saturated rings. The van der Waals surface area contributed by atoms with E-state index in [1.165, 1.54) is 0 Å². The van der Waals surface area contributed by atoms with Crippen molar-refractivity contribution >= 4 is 23.7 Å². The van der Waals surface area contributed by atoms with Crippen LogP contribution in [-0.4, -0.2) is 41.1 Å². The molecule has 1 saturated carbocycles. The van der Waals surface area contributed by atoms with Gasteiger partial charge < -0.3 is 16.0 Å². The molecule has 2 heterocycles. The van der Waals surface area contributed by atoms with Crippen LogP contribution >= 0.6 is 11.8 Å². The number of nitrogens with one attached hydrogen (secondary N) is 3. The molecule has 19 heavy (non-hydrogen) atoms. The van der Waals surface area contributed by atoms with Gasteiger partial charge in [-0.15, -0.1) is 0 Å². The van der Waals surface area contributed by atoms with Crippen molar-refractivity contribution in [1.29, 1.82) is 0 Å². The van der Waals surface area contributed by atoms with Crippen molar-refractivity contribution in [3.05, 3.63) is 0 Å². The summed E-state index contributed by atoms with van der Waals surface area (Å²) < 4.78 is 0. The zero-order chi connectivity index (χ0) is 13.2. The van der Waals surface area contributed by atoms with Gasteiger partial charge in [0.25, 0.3) is 0 Å². The van der Waals surface area contributed by atoms with Gasteiger partial charge in [-0.3, -0.25) is 4.79 Å². The maximum Gasteiger partial charge on any atom is 0.315 e. The number of amides is 3. The summed E-state index contributed by atoms with van der Waals surface area (Å²) in [6.07, 6.45) is 6.06. The van der Waals surface area contributed by atoms with E-state index in [2.05, 4.69) is 16.0 Å². The Balaban J connectivity index is 1.31. The molecule has 3 amide bonds. The third-order valence-corrected chi connectivity index (χ3v) is 5.53. The monoisotopic (exact) mass is 283 g/mol. The van der Waals surface area contributed by atoms with Crippen molar-refractivity contribution in [2.24, 2.45) is 0 Å². The van der Waals surface area contributed by atoms with E-state index in [-0.39, 0.29) is 18.0 Å². The zero-order valence-corrected chi connectivity index (χ0v) is 11.8. The largest absolute Gasteiger partial charge is 0.353 e. The quantitative estimate of drug-likeness (QED) is 0.503. The average Bonchev–Trinajstić information content (AvgIpc) is 2.98. The highest BCUT2D eigenvalue weighted by molar-refractivity contribution is 8.00. The highest BCUT2D eigenvalue weighted by Gasteiger charge is 2.42. The van der Waals surface area contributed by atoms with Crippen LogP contribution in [0.2, 0.25) is 0 Å². The number of hydrogen-bond donors (Lipinski definition) is 3. The molecule has 0 aromatic rings. The van der Waals surface area contributed by atoms with Gasteiger partial charge in [0.2, 0.25) is 5.91 Å². The number of carbonyl (C=O) groups excluding carboxylic acids is 2. The lowest BCUT2D eigenvalue weighted by molar-refractivity contribution is -0.121. The van der Waals surface area contributed by atoms with Gasteiger partial charge in [0.15, 0.2) is 0 Å². The van der Waals surface area contributed by atoms with Crippen molar-refractivity contribution in [1.82, 2.24) is 16.0 Å². The Morgan fingerprint density at radius 3 is 2.95 bits per heavy atom. The fourth-order valence-electron chi connectivity index (χ4n) is 2.80.